The number of nitrogens with zero attached hydrogens (tertiary/aromatic N) is 1. The van der Waals surface area contributed by atoms with Gasteiger partial charge in [-0.25, -0.2) is 9.59 Å². The Kier molecular flexibility index (Phi) is 5.02. The third-order valence-electron chi connectivity index (χ3n) is 3.80. The van der Waals surface area contributed by atoms with Gasteiger partial charge in [0.25, 0.3) is 0 Å². The summed E-state index contributed by atoms with van der Waals surface area (Å²) in [7, 11) is 1.27. The second kappa shape index (κ2) is 7.56. The lowest BCUT2D eigenvalue weighted by Gasteiger charge is -2.14. The molecule has 0 bridgehead atoms. The van der Waals surface area contributed by atoms with E-state index in [0.29, 0.717) is 28.9 Å². The number of amides is 1. The van der Waals surface area contributed by atoms with E-state index in [4.69, 9.17) is 4.52 Å². The molecule has 1 aromatic heterocycles. The molecule has 0 fully saturated rings. The number of hydrogen-bond acceptors (Lipinski definition) is 6. The number of carbonyl (C=O) groups is 2. The van der Waals surface area contributed by atoms with Gasteiger partial charge < -0.3 is 19.7 Å². The molecule has 0 aliphatic rings. The number of ether oxygens (including phenoxy) is 1. The van der Waals surface area contributed by atoms with E-state index in [-0.39, 0.29) is 0 Å². The minimum atomic E-state index is -0.992. The summed E-state index contributed by atoms with van der Waals surface area (Å²) in [5.41, 5.74) is 1.78. The normalized spacial score (nSPS) is 11.7. The smallest absolute Gasteiger partial charge is 0.411 e. The fourth-order valence-electron chi connectivity index (χ4n) is 2.50. The molecule has 1 atom stereocenters. The molecule has 0 aliphatic carbocycles. The maximum atomic E-state index is 11.6. The zero-order chi connectivity index (χ0) is 18.5. The lowest BCUT2D eigenvalue weighted by atomic mass is 10.1. The van der Waals surface area contributed by atoms with Crippen molar-refractivity contribution in [1.82, 2.24) is 5.16 Å². The van der Waals surface area contributed by atoms with Gasteiger partial charge in [-0.1, -0.05) is 35.5 Å². The second-order valence-corrected chi connectivity index (χ2v) is 5.58. The van der Waals surface area contributed by atoms with Gasteiger partial charge >= 0.3 is 12.1 Å². The van der Waals surface area contributed by atoms with Crippen LogP contribution in [0.1, 0.15) is 5.56 Å². The van der Waals surface area contributed by atoms with Crippen molar-refractivity contribution in [3.05, 3.63) is 54.1 Å². The summed E-state index contributed by atoms with van der Waals surface area (Å²) in [4.78, 5) is 22.9. The summed E-state index contributed by atoms with van der Waals surface area (Å²) in [5, 5.41) is 19.4. The van der Waals surface area contributed by atoms with Crippen molar-refractivity contribution < 1.29 is 24.0 Å². The summed E-state index contributed by atoms with van der Waals surface area (Å²) in [6.45, 7) is 0. The quantitative estimate of drug-likeness (QED) is 0.622. The third-order valence-corrected chi connectivity index (χ3v) is 3.80. The Morgan fingerprint density at radius 1 is 1.23 bits per heavy atom. The van der Waals surface area contributed by atoms with Crippen LogP contribution in [0.5, 0.6) is 0 Å². The van der Waals surface area contributed by atoms with Gasteiger partial charge in [0.1, 0.15) is 6.04 Å². The van der Waals surface area contributed by atoms with Crippen LogP contribution < -0.4 is 10.6 Å². The zero-order valence-electron chi connectivity index (χ0n) is 13.9. The highest BCUT2D eigenvalue weighted by atomic mass is 16.5. The van der Waals surface area contributed by atoms with E-state index in [9.17, 15) is 14.7 Å². The number of aliphatic carboxylic acids is 1. The number of fused-ring (bicyclic) bond motifs is 1. The SMILES string of the molecule is COC(=O)Nc1ccc2c(NC(Cc3ccccc3)C(=O)O)noc2c1. The number of aromatic nitrogens is 1. The minimum Gasteiger partial charge on any atom is -0.480 e. The number of nitrogens with one attached hydrogen (secondary N) is 2. The first-order chi connectivity index (χ1) is 12.6. The predicted molar refractivity (Wildman–Crippen MR) is 95.2 cm³/mol. The van der Waals surface area contributed by atoms with Crippen LogP contribution in [0.4, 0.5) is 16.3 Å². The van der Waals surface area contributed by atoms with Crippen molar-refractivity contribution in [3.63, 3.8) is 0 Å². The number of rotatable bonds is 6. The van der Waals surface area contributed by atoms with Crippen molar-refractivity contribution >= 4 is 34.5 Å². The highest BCUT2D eigenvalue weighted by Gasteiger charge is 2.21. The molecule has 1 heterocycles. The van der Waals surface area contributed by atoms with Gasteiger partial charge in [-0.3, -0.25) is 5.32 Å². The van der Waals surface area contributed by atoms with Crippen molar-refractivity contribution in [2.45, 2.75) is 12.5 Å². The van der Waals surface area contributed by atoms with Crippen LogP contribution in [0.3, 0.4) is 0 Å². The van der Waals surface area contributed by atoms with E-state index in [2.05, 4.69) is 20.5 Å². The average molecular weight is 355 g/mol. The highest BCUT2D eigenvalue weighted by molar-refractivity contribution is 5.94. The lowest BCUT2D eigenvalue weighted by molar-refractivity contribution is -0.137. The number of carboxylic acids is 1. The molecule has 0 aliphatic heterocycles. The highest BCUT2D eigenvalue weighted by Crippen LogP contribution is 2.26. The van der Waals surface area contributed by atoms with E-state index in [1.54, 1.807) is 18.2 Å². The van der Waals surface area contributed by atoms with E-state index in [1.807, 2.05) is 30.3 Å². The average Bonchev–Trinajstić information content (AvgIpc) is 3.04. The summed E-state index contributed by atoms with van der Waals surface area (Å²) in [6, 6.07) is 13.4. The lowest BCUT2D eigenvalue weighted by Crippen LogP contribution is -2.31. The van der Waals surface area contributed by atoms with Crippen LogP contribution >= 0.6 is 0 Å². The Hall–Kier alpha value is -3.55. The molecule has 26 heavy (non-hydrogen) atoms. The van der Waals surface area contributed by atoms with Crippen LogP contribution in [0.15, 0.2) is 53.1 Å². The van der Waals surface area contributed by atoms with Gasteiger partial charge in [-0.15, -0.1) is 0 Å². The number of methoxy groups -OCH3 is 1. The summed E-state index contributed by atoms with van der Waals surface area (Å²) in [5.74, 6) is -0.665. The Morgan fingerprint density at radius 2 is 2.00 bits per heavy atom. The molecule has 3 aromatic rings. The largest absolute Gasteiger partial charge is 0.480 e. The Bertz CT molecular complexity index is 923. The van der Waals surface area contributed by atoms with Gasteiger partial charge in [0.05, 0.1) is 12.5 Å². The van der Waals surface area contributed by atoms with Crippen molar-refractivity contribution in [3.8, 4) is 0 Å². The number of benzene rings is 2. The topological polar surface area (TPSA) is 114 Å². The molecule has 0 saturated heterocycles. The predicted octanol–water partition coefficient (Wildman–Crippen LogP) is 3.11. The molecule has 0 saturated carbocycles. The van der Waals surface area contributed by atoms with Gasteiger partial charge in [-0.05, 0) is 17.7 Å². The fourth-order valence-corrected chi connectivity index (χ4v) is 2.50. The first-order valence-corrected chi connectivity index (χ1v) is 7.84. The Labute approximate surface area is 148 Å². The molecule has 3 rings (SSSR count). The molecular weight excluding hydrogens is 338 g/mol. The molecule has 3 N–H and O–H groups in total. The van der Waals surface area contributed by atoms with Crippen LogP contribution in [0.25, 0.3) is 11.0 Å². The van der Waals surface area contributed by atoms with Crippen LogP contribution in [-0.2, 0) is 16.0 Å². The number of hydrogen-bond donors (Lipinski definition) is 3. The van der Waals surface area contributed by atoms with Crippen molar-refractivity contribution in [2.24, 2.45) is 0 Å². The van der Waals surface area contributed by atoms with Crippen LogP contribution in [-0.4, -0.2) is 35.5 Å². The minimum absolute atomic E-state index is 0.298. The van der Waals surface area contributed by atoms with Crippen molar-refractivity contribution in [2.75, 3.05) is 17.7 Å². The summed E-state index contributed by atoms with van der Waals surface area (Å²) in [6.07, 6.45) is -0.303. The standard InChI is InChI=1S/C18H17N3O5/c1-25-18(24)19-12-7-8-13-15(10-12)26-21-16(13)20-14(17(22)23)9-11-5-3-2-4-6-11/h2-8,10,14H,9H2,1H3,(H,19,24)(H,20,21)(H,22,23). The molecule has 0 radical (unpaired) electrons. The first kappa shape index (κ1) is 17.3. The van der Waals surface area contributed by atoms with Crippen molar-refractivity contribution in [1.29, 1.82) is 0 Å². The molecule has 8 nitrogen and oxygen atoms in total. The molecule has 134 valence electrons. The molecule has 2 aromatic carbocycles. The number of anilines is 2. The summed E-state index contributed by atoms with van der Waals surface area (Å²) >= 11 is 0. The van der Waals surface area contributed by atoms with Gasteiger partial charge in [0.2, 0.25) is 0 Å². The monoisotopic (exact) mass is 355 g/mol. The Morgan fingerprint density at radius 3 is 2.69 bits per heavy atom. The Balaban J connectivity index is 1.80. The van der Waals surface area contributed by atoms with Gasteiger partial charge in [-0.2, -0.15) is 0 Å². The number of carboxylic acid groups (broad SMARTS) is 1. The molecule has 1 unspecified atom stereocenters. The third kappa shape index (κ3) is 3.92. The zero-order valence-corrected chi connectivity index (χ0v) is 13.9. The van der Waals surface area contributed by atoms with E-state index in [0.717, 1.165) is 5.56 Å². The molecule has 8 heteroatoms. The molecule has 0 spiro atoms. The molecular formula is C18H17N3O5. The van der Waals surface area contributed by atoms with Gasteiger partial charge in [0, 0.05) is 18.2 Å². The van der Waals surface area contributed by atoms with E-state index >= 15 is 0 Å². The van der Waals surface area contributed by atoms with E-state index < -0.39 is 18.1 Å². The van der Waals surface area contributed by atoms with Crippen LogP contribution in [0.2, 0.25) is 0 Å². The summed E-state index contributed by atoms with van der Waals surface area (Å²) < 4.78 is 9.77. The maximum Gasteiger partial charge on any atom is 0.411 e. The molecule has 1 amide bonds. The van der Waals surface area contributed by atoms with E-state index in [1.165, 1.54) is 7.11 Å². The van der Waals surface area contributed by atoms with Gasteiger partial charge in [0.15, 0.2) is 11.4 Å². The second-order valence-electron chi connectivity index (χ2n) is 5.58. The first-order valence-electron chi connectivity index (χ1n) is 7.84. The number of carbonyl (C=O) groups excluding carboxylic acids is 1. The fraction of sp³-hybridized carbons (Fsp3) is 0.167. The maximum absolute atomic E-state index is 11.6. The van der Waals surface area contributed by atoms with Crippen LogP contribution in [0, 0.1) is 0 Å².